The quantitative estimate of drug-likeness (QED) is 0.754. The predicted octanol–water partition coefficient (Wildman–Crippen LogP) is 4.10. The number of anilines is 1. The molecular weight excluding hydrogens is 372 g/mol. The summed E-state index contributed by atoms with van der Waals surface area (Å²) in [7, 11) is 2.05. The Balaban J connectivity index is 1.78. The van der Waals surface area contributed by atoms with Gasteiger partial charge < -0.3 is 15.0 Å². The van der Waals surface area contributed by atoms with Gasteiger partial charge >= 0.3 is 0 Å². The molecule has 0 amide bonds. The van der Waals surface area contributed by atoms with E-state index in [0.29, 0.717) is 5.92 Å². The molecule has 1 aliphatic heterocycles. The number of aryl methyl sites for hydroxylation is 1. The van der Waals surface area contributed by atoms with E-state index < -0.39 is 0 Å². The van der Waals surface area contributed by atoms with E-state index in [1.54, 1.807) is 0 Å². The van der Waals surface area contributed by atoms with Crippen molar-refractivity contribution < 1.29 is 4.74 Å². The van der Waals surface area contributed by atoms with Gasteiger partial charge in [-0.15, -0.1) is 0 Å². The maximum Gasteiger partial charge on any atom is 0.131 e. The number of hydrogen-bond acceptors (Lipinski definition) is 4. The fourth-order valence-electron chi connectivity index (χ4n) is 3.99. The first-order chi connectivity index (χ1) is 13.3. The maximum absolute atomic E-state index is 6.44. The lowest BCUT2D eigenvalue weighted by atomic mass is 9.84. The monoisotopic (exact) mass is 404 g/mol. The van der Waals surface area contributed by atoms with E-state index in [4.69, 9.17) is 21.4 Å². The molecule has 1 N–H and O–H groups in total. The fraction of sp³-hybridized carbons (Fsp3) is 0.591. The first kappa shape index (κ1) is 21.2. The molecule has 28 heavy (non-hydrogen) atoms. The number of halogens is 1. The van der Waals surface area contributed by atoms with E-state index >= 15 is 0 Å². The van der Waals surface area contributed by atoms with Crippen LogP contribution in [0, 0.1) is 0 Å². The van der Waals surface area contributed by atoms with Crippen LogP contribution >= 0.6 is 11.6 Å². The lowest BCUT2D eigenvalue weighted by Gasteiger charge is -2.30. The molecule has 0 atom stereocenters. The molecule has 1 fully saturated rings. The van der Waals surface area contributed by atoms with Gasteiger partial charge in [-0.1, -0.05) is 57.5 Å². The van der Waals surface area contributed by atoms with Crippen molar-refractivity contribution in [1.82, 2.24) is 15.1 Å². The zero-order valence-corrected chi connectivity index (χ0v) is 18.5. The summed E-state index contributed by atoms with van der Waals surface area (Å²) in [5.74, 6) is 1.60. The molecule has 0 bridgehead atoms. The molecule has 5 nitrogen and oxygen atoms in total. The van der Waals surface area contributed by atoms with Gasteiger partial charge in [0.1, 0.15) is 5.82 Å². The van der Waals surface area contributed by atoms with E-state index in [-0.39, 0.29) is 5.41 Å². The smallest absolute Gasteiger partial charge is 0.131 e. The van der Waals surface area contributed by atoms with Crippen molar-refractivity contribution in [1.29, 1.82) is 0 Å². The van der Waals surface area contributed by atoms with Gasteiger partial charge in [-0.3, -0.25) is 4.68 Å². The standard InChI is InChI=1S/C22H33ClN4O/c1-16(2)20-17(21(26(5)25-20)27-10-12-28-13-11-27)14-24-15-22(3,4)18-8-6-7-9-19(18)23/h6-9,16,24H,10-15H2,1-5H3. The van der Waals surface area contributed by atoms with Crippen molar-refractivity contribution in [2.75, 3.05) is 37.7 Å². The second-order valence-corrected chi connectivity index (χ2v) is 8.94. The number of aromatic nitrogens is 2. The first-order valence-electron chi connectivity index (χ1n) is 10.2. The van der Waals surface area contributed by atoms with Crippen molar-refractivity contribution >= 4 is 17.4 Å². The topological polar surface area (TPSA) is 42.3 Å². The number of nitrogens with one attached hydrogen (secondary N) is 1. The lowest BCUT2D eigenvalue weighted by Crippen LogP contribution is -2.38. The van der Waals surface area contributed by atoms with E-state index in [9.17, 15) is 0 Å². The number of ether oxygens (including phenoxy) is 1. The molecule has 0 unspecified atom stereocenters. The summed E-state index contributed by atoms with van der Waals surface area (Å²) < 4.78 is 7.58. The van der Waals surface area contributed by atoms with E-state index in [1.807, 2.05) is 23.9 Å². The van der Waals surface area contributed by atoms with Gasteiger partial charge in [-0.05, 0) is 17.5 Å². The van der Waals surface area contributed by atoms with Gasteiger partial charge in [-0.2, -0.15) is 5.10 Å². The molecule has 0 spiro atoms. The molecule has 154 valence electrons. The molecule has 1 aromatic carbocycles. The van der Waals surface area contributed by atoms with Gasteiger partial charge in [0.25, 0.3) is 0 Å². The average molecular weight is 405 g/mol. The minimum absolute atomic E-state index is 0.0579. The number of nitrogens with zero attached hydrogens (tertiary/aromatic N) is 3. The summed E-state index contributed by atoms with van der Waals surface area (Å²) in [5.41, 5.74) is 3.59. The van der Waals surface area contributed by atoms with Crippen LogP contribution in [-0.4, -0.2) is 42.6 Å². The van der Waals surface area contributed by atoms with Gasteiger partial charge in [0.2, 0.25) is 0 Å². The molecule has 3 rings (SSSR count). The summed E-state index contributed by atoms with van der Waals surface area (Å²) in [4.78, 5) is 2.40. The van der Waals surface area contributed by atoms with Crippen molar-refractivity contribution in [2.24, 2.45) is 7.05 Å². The predicted molar refractivity (Wildman–Crippen MR) is 117 cm³/mol. The van der Waals surface area contributed by atoms with Crippen LogP contribution < -0.4 is 10.2 Å². The molecule has 2 aromatic rings. The Labute approximate surface area is 174 Å². The Bertz CT molecular complexity index is 794. The highest BCUT2D eigenvalue weighted by molar-refractivity contribution is 6.31. The molecule has 1 saturated heterocycles. The minimum Gasteiger partial charge on any atom is -0.378 e. The van der Waals surface area contributed by atoms with Crippen LogP contribution in [0.5, 0.6) is 0 Å². The van der Waals surface area contributed by atoms with E-state index in [1.165, 1.54) is 22.6 Å². The van der Waals surface area contributed by atoms with E-state index in [0.717, 1.165) is 44.4 Å². The van der Waals surface area contributed by atoms with Crippen molar-refractivity contribution in [3.8, 4) is 0 Å². The summed E-state index contributed by atoms with van der Waals surface area (Å²) in [6, 6.07) is 8.12. The molecule has 1 aliphatic rings. The molecule has 0 saturated carbocycles. The second-order valence-electron chi connectivity index (χ2n) is 8.53. The number of benzene rings is 1. The van der Waals surface area contributed by atoms with Gasteiger partial charge in [0.05, 0.1) is 18.9 Å². The highest BCUT2D eigenvalue weighted by atomic mass is 35.5. The van der Waals surface area contributed by atoms with Crippen LogP contribution in [0.1, 0.15) is 50.4 Å². The second kappa shape index (κ2) is 8.85. The van der Waals surface area contributed by atoms with Crippen molar-refractivity contribution in [3.63, 3.8) is 0 Å². The Morgan fingerprint density at radius 3 is 2.54 bits per heavy atom. The van der Waals surface area contributed by atoms with Crippen LogP contribution in [0.4, 0.5) is 5.82 Å². The Hall–Kier alpha value is -1.56. The third-order valence-electron chi connectivity index (χ3n) is 5.47. The Kier molecular flexibility index (Phi) is 6.69. The normalized spacial score (nSPS) is 15.5. The average Bonchev–Trinajstić information content (AvgIpc) is 2.99. The number of hydrogen-bond donors (Lipinski definition) is 1. The minimum atomic E-state index is -0.0579. The molecule has 1 aromatic heterocycles. The first-order valence-corrected chi connectivity index (χ1v) is 10.5. The molecule has 0 aliphatic carbocycles. The largest absolute Gasteiger partial charge is 0.378 e. The number of rotatable bonds is 7. The fourth-order valence-corrected chi connectivity index (χ4v) is 4.38. The molecule has 2 heterocycles. The SMILES string of the molecule is CC(C)c1nn(C)c(N2CCOCC2)c1CNCC(C)(C)c1ccccc1Cl. The number of morpholine rings is 1. The highest BCUT2D eigenvalue weighted by Crippen LogP contribution is 2.31. The zero-order chi connectivity index (χ0) is 20.3. The molecule has 0 radical (unpaired) electrons. The summed E-state index contributed by atoms with van der Waals surface area (Å²) in [5, 5.41) is 9.36. The van der Waals surface area contributed by atoms with Crippen LogP contribution in [-0.2, 0) is 23.7 Å². The summed E-state index contributed by atoms with van der Waals surface area (Å²) in [6.45, 7) is 13.9. The van der Waals surface area contributed by atoms with Gasteiger partial charge in [0.15, 0.2) is 0 Å². The third-order valence-corrected chi connectivity index (χ3v) is 5.80. The van der Waals surface area contributed by atoms with E-state index in [2.05, 4.69) is 50.0 Å². The van der Waals surface area contributed by atoms with Crippen LogP contribution in [0.2, 0.25) is 5.02 Å². The van der Waals surface area contributed by atoms with Crippen LogP contribution in [0.15, 0.2) is 24.3 Å². The highest BCUT2D eigenvalue weighted by Gasteiger charge is 2.26. The van der Waals surface area contributed by atoms with Crippen molar-refractivity contribution in [2.45, 2.75) is 45.6 Å². The van der Waals surface area contributed by atoms with Crippen molar-refractivity contribution in [3.05, 3.63) is 46.1 Å². The third kappa shape index (κ3) is 4.53. The lowest BCUT2D eigenvalue weighted by molar-refractivity contribution is 0.122. The van der Waals surface area contributed by atoms with Crippen LogP contribution in [0.25, 0.3) is 0 Å². The van der Waals surface area contributed by atoms with Gasteiger partial charge in [-0.25, -0.2) is 0 Å². The Morgan fingerprint density at radius 2 is 1.89 bits per heavy atom. The van der Waals surface area contributed by atoms with Crippen LogP contribution in [0.3, 0.4) is 0 Å². The summed E-state index contributed by atoms with van der Waals surface area (Å²) >= 11 is 6.44. The van der Waals surface area contributed by atoms with Gasteiger partial charge in [0, 0.05) is 49.2 Å². The summed E-state index contributed by atoms with van der Waals surface area (Å²) in [6.07, 6.45) is 0. The zero-order valence-electron chi connectivity index (χ0n) is 17.8. The molecular formula is C22H33ClN4O. The Morgan fingerprint density at radius 1 is 1.21 bits per heavy atom. The molecule has 6 heteroatoms. The maximum atomic E-state index is 6.44.